The van der Waals surface area contributed by atoms with Gasteiger partial charge in [-0.25, -0.2) is 5.84 Å². The fourth-order valence-corrected chi connectivity index (χ4v) is 2.22. The van der Waals surface area contributed by atoms with Crippen molar-refractivity contribution in [2.24, 2.45) is 5.84 Å². The Bertz CT molecular complexity index is 570. The standard InChI is InChI=1S/C15H19N3O/c1-3-18-13(8-9-14(18)15(19)17-16)10-12-6-4-11(2)5-7-12/h4-9H,3,10,16H2,1-2H3,(H,17,19). The zero-order valence-corrected chi connectivity index (χ0v) is 11.3. The summed E-state index contributed by atoms with van der Waals surface area (Å²) in [5, 5.41) is 0. The highest BCUT2D eigenvalue weighted by molar-refractivity contribution is 5.92. The lowest BCUT2D eigenvalue weighted by atomic mass is 10.1. The number of hydrazine groups is 1. The first-order chi connectivity index (χ1) is 9.15. The number of nitrogens with zero attached hydrogens (tertiary/aromatic N) is 1. The topological polar surface area (TPSA) is 60.0 Å². The van der Waals surface area contributed by atoms with Crippen molar-refractivity contribution in [3.8, 4) is 0 Å². The van der Waals surface area contributed by atoms with E-state index in [0.29, 0.717) is 5.69 Å². The summed E-state index contributed by atoms with van der Waals surface area (Å²) >= 11 is 0. The molecule has 100 valence electrons. The maximum Gasteiger partial charge on any atom is 0.281 e. The molecule has 0 unspecified atom stereocenters. The summed E-state index contributed by atoms with van der Waals surface area (Å²) in [6.45, 7) is 4.84. The number of nitrogens with two attached hydrogens (primary N) is 1. The van der Waals surface area contributed by atoms with Crippen LogP contribution in [0.15, 0.2) is 36.4 Å². The average molecular weight is 257 g/mol. The maximum atomic E-state index is 11.6. The van der Waals surface area contributed by atoms with Crippen molar-refractivity contribution < 1.29 is 4.79 Å². The smallest absolute Gasteiger partial charge is 0.281 e. The number of rotatable bonds is 4. The van der Waals surface area contributed by atoms with E-state index in [1.165, 1.54) is 11.1 Å². The number of aryl methyl sites for hydroxylation is 1. The summed E-state index contributed by atoms with van der Waals surface area (Å²) in [6, 6.07) is 12.2. The summed E-state index contributed by atoms with van der Waals surface area (Å²) in [4.78, 5) is 11.6. The molecule has 4 heteroatoms. The average Bonchev–Trinajstić information content (AvgIpc) is 2.83. The van der Waals surface area contributed by atoms with Gasteiger partial charge < -0.3 is 4.57 Å². The van der Waals surface area contributed by atoms with E-state index >= 15 is 0 Å². The number of carbonyl (C=O) groups excluding carboxylic acids is 1. The Labute approximate surface area is 113 Å². The molecule has 19 heavy (non-hydrogen) atoms. The summed E-state index contributed by atoms with van der Waals surface area (Å²) in [5.41, 5.74) is 6.38. The fourth-order valence-electron chi connectivity index (χ4n) is 2.22. The molecule has 1 amide bonds. The van der Waals surface area contributed by atoms with Gasteiger partial charge >= 0.3 is 0 Å². The molecule has 1 aromatic carbocycles. The molecule has 1 heterocycles. The van der Waals surface area contributed by atoms with Crippen molar-refractivity contribution in [1.82, 2.24) is 9.99 Å². The van der Waals surface area contributed by atoms with Crippen molar-refractivity contribution in [3.05, 3.63) is 58.9 Å². The zero-order valence-electron chi connectivity index (χ0n) is 11.3. The van der Waals surface area contributed by atoms with Crippen molar-refractivity contribution >= 4 is 5.91 Å². The number of hydrogen-bond acceptors (Lipinski definition) is 2. The van der Waals surface area contributed by atoms with Crippen molar-refractivity contribution in [2.75, 3.05) is 0 Å². The second-order valence-electron chi connectivity index (χ2n) is 4.59. The van der Waals surface area contributed by atoms with Crippen molar-refractivity contribution in [2.45, 2.75) is 26.8 Å². The number of amides is 1. The Balaban J connectivity index is 2.28. The van der Waals surface area contributed by atoms with Gasteiger partial charge in [0.15, 0.2) is 0 Å². The molecule has 0 spiro atoms. The van der Waals surface area contributed by atoms with Crippen molar-refractivity contribution in [1.29, 1.82) is 0 Å². The quantitative estimate of drug-likeness (QED) is 0.500. The van der Waals surface area contributed by atoms with Crippen LogP contribution in [-0.4, -0.2) is 10.5 Å². The molecular formula is C15H19N3O. The molecule has 0 saturated carbocycles. The van der Waals surface area contributed by atoms with Gasteiger partial charge in [0.2, 0.25) is 0 Å². The molecule has 4 nitrogen and oxygen atoms in total. The predicted molar refractivity (Wildman–Crippen MR) is 75.7 cm³/mol. The van der Waals surface area contributed by atoms with Gasteiger partial charge in [0, 0.05) is 18.7 Å². The second kappa shape index (κ2) is 5.71. The molecule has 0 aliphatic rings. The van der Waals surface area contributed by atoms with Crippen LogP contribution < -0.4 is 11.3 Å². The molecular weight excluding hydrogens is 238 g/mol. The number of nitrogen functional groups attached to an aromatic ring is 1. The van der Waals surface area contributed by atoms with Gasteiger partial charge in [-0.3, -0.25) is 10.2 Å². The molecule has 0 atom stereocenters. The van der Waals surface area contributed by atoms with Crippen LogP contribution in [0.4, 0.5) is 0 Å². The molecule has 0 saturated heterocycles. The second-order valence-corrected chi connectivity index (χ2v) is 4.59. The largest absolute Gasteiger partial charge is 0.341 e. The zero-order chi connectivity index (χ0) is 13.8. The molecule has 0 aliphatic carbocycles. The molecule has 0 fully saturated rings. The molecule has 0 aliphatic heterocycles. The van der Waals surface area contributed by atoms with Gasteiger partial charge in [-0.1, -0.05) is 29.8 Å². The number of aromatic nitrogens is 1. The first-order valence-electron chi connectivity index (χ1n) is 6.40. The highest BCUT2D eigenvalue weighted by Crippen LogP contribution is 2.15. The summed E-state index contributed by atoms with van der Waals surface area (Å²) in [6.07, 6.45) is 0.811. The maximum absolute atomic E-state index is 11.6. The van der Waals surface area contributed by atoms with Crippen molar-refractivity contribution in [3.63, 3.8) is 0 Å². The van der Waals surface area contributed by atoms with E-state index in [1.54, 1.807) is 0 Å². The van der Waals surface area contributed by atoms with Crippen LogP contribution in [0.25, 0.3) is 0 Å². The number of carbonyl (C=O) groups is 1. The minimum Gasteiger partial charge on any atom is -0.341 e. The molecule has 2 rings (SSSR count). The lowest BCUT2D eigenvalue weighted by Crippen LogP contribution is -2.32. The number of benzene rings is 1. The molecule has 0 radical (unpaired) electrons. The monoisotopic (exact) mass is 257 g/mol. The first-order valence-corrected chi connectivity index (χ1v) is 6.40. The van der Waals surface area contributed by atoms with Crippen LogP contribution in [0, 0.1) is 6.92 Å². The Hall–Kier alpha value is -2.07. The third-order valence-electron chi connectivity index (χ3n) is 3.26. The fraction of sp³-hybridized carbons (Fsp3) is 0.267. The lowest BCUT2D eigenvalue weighted by Gasteiger charge is -2.10. The van der Waals surface area contributed by atoms with Crippen LogP contribution in [0.5, 0.6) is 0 Å². The first kappa shape index (κ1) is 13.4. The molecule has 2 aromatic rings. The van der Waals surface area contributed by atoms with E-state index in [4.69, 9.17) is 5.84 Å². The van der Waals surface area contributed by atoms with Gasteiger partial charge in [0.25, 0.3) is 5.91 Å². The summed E-state index contributed by atoms with van der Waals surface area (Å²) in [7, 11) is 0. The van der Waals surface area contributed by atoms with E-state index in [-0.39, 0.29) is 5.91 Å². The molecule has 3 N–H and O–H groups in total. The van der Waals surface area contributed by atoms with Crippen LogP contribution in [0.1, 0.15) is 34.2 Å². The van der Waals surface area contributed by atoms with Crippen LogP contribution >= 0.6 is 0 Å². The van der Waals surface area contributed by atoms with E-state index in [1.807, 2.05) is 23.6 Å². The normalized spacial score (nSPS) is 10.5. The summed E-state index contributed by atoms with van der Waals surface area (Å²) in [5.74, 6) is 4.94. The third-order valence-corrected chi connectivity index (χ3v) is 3.26. The molecule has 0 bridgehead atoms. The Morgan fingerprint density at radius 2 is 1.89 bits per heavy atom. The number of nitrogens with one attached hydrogen (secondary N) is 1. The SMILES string of the molecule is CCn1c(Cc2ccc(C)cc2)ccc1C(=O)NN. The summed E-state index contributed by atoms with van der Waals surface area (Å²) < 4.78 is 1.99. The Morgan fingerprint density at radius 1 is 1.21 bits per heavy atom. The molecule has 1 aromatic heterocycles. The Morgan fingerprint density at radius 3 is 2.47 bits per heavy atom. The van der Waals surface area contributed by atoms with Gasteiger partial charge in [0.05, 0.1) is 0 Å². The predicted octanol–water partition coefficient (Wildman–Crippen LogP) is 2.01. The van der Waals surface area contributed by atoms with E-state index < -0.39 is 0 Å². The Kier molecular flexibility index (Phi) is 4.02. The minimum absolute atomic E-state index is 0.253. The van der Waals surface area contributed by atoms with Crippen LogP contribution in [0.3, 0.4) is 0 Å². The van der Waals surface area contributed by atoms with Gasteiger partial charge in [0.1, 0.15) is 5.69 Å². The van der Waals surface area contributed by atoms with Crippen LogP contribution in [-0.2, 0) is 13.0 Å². The van der Waals surface area contributed by atoms with Gasteiger partial charge in [-0.15, -0.1) is 0 Å². The third kappa shape index (κ3) is 2.85. The van der Waals surface area contributed by atoms with Gasteiger partial charge in [-0.2, -0.15) is 0 Å². The van der Waals surface area contributed by atoms with E-state index in [0.717, 1.165) is 18.7 Å². The highest BCUT2D eigenvalue weighted by atomic mass is 16.2. The number of hydrogen-bond donors (Lipinski definition) is 2. The van der Waals surface area contributed by atoms with Gasteiger partial charge in [-0.05, 0) is 31.5 Å². The van der Waals surface area contributed by atoms with E-state index in [9.17, 15) is 4.79 Å². The minimum atomic E-state index is -0.253. The van der Waals surface area contributed by atoms with E-state index in [2.05, 4.69) is 36.6 Å². The lowest BCUT2D eigenvalue weighted by molar-refractivity contribution is 0.0944. The highest BCUT2D eigenvalue weighted by Gasteiger charge is 2.13. The van der Waals surface area contributed by atoms with Crippen LogP contribution in [0.2, 0.25) is 0 Å².